The maximum Gasteiger partial charge on any atom is 0.240 e. The van der Waals surface area contributed by atoms with Gasteiger partial charge in [0.1, 0.15) is 5.69 Å². The van der Waals surface area contributed by atoms with E-state index in [-0.39, 0.29) is 5.69 Å². The summed E-state index contributed by atoms with van der Waals surface area (Å²) < 4.78 is 18.0. The summed E-state index contributed by atoms with van der Waals surface area (Å²) in [6.07, 6.45) is 1.32. The lowest BCUT2D eigenvalue weighted by Crippen LogP contribution is -2.07. The largest absolute Gasteiger partial charge is 0.383 e. The third kappa shape index (κ3) is 3.16. The quantitative estimate of drug-likeness (QED) is 0.458. The predicted molar refractivity (Wildman–Crippen MR) is 54.5 cm³/mol. The Kier molecular flexibility index (Phi) is 4.47. The van der Waals surface area contributed by atoms with Gasteiger partial charge in [-0.05, 0) is 12.1 Å². The third-order valence-electron chi connectivity index (χ3n) is 1.77. The smallest absolute Gasteiger partial charge is 0.240 e. The standard InChI is InChI=1S/C10H11FN2O2/c1-15-6-5-12-9-4-2-3-8(11)10(9)13-7-14/h2-4,12H,5-6H2,1H3. The molecule has 0 atom stereocenters. The molecule has 0 aliphatic carbocycles. The number of hydrogen-bond donors (Lipinski definition) is 1. The van der Waals surface area contributed by atoms with Gasteiger partial charge in [-0.15, -0.1) is 0 Å². The van der Waals surface area contributed by atoms with Crippen molar-refractivity contribution in [2.45, 2.75) is 0 Å². The van der Waals surface area contributed by atoms with Crippen LogP contribution in [0.3, 0.4) is 0 Å². The molecular weight excluding hydrogens is 199 g/mol. The molecule has 5 heteroatoms. The summed E-state index contributed by atoms with van der Waals surface area (Å²) in [5.74, 6) is -0.555. The van der Waals surface area contributed by atoms with Crippen LogP contribution in [0.2, 0.25) is 0 Å². The number of isocyanates is 1. The molecule has 0 saturated carbocycles. The van der Waals surface area contributed by atoms with Gasteiger partial charge in [0.15, 0.2) is 5.82 Å². The van der Waals surface area contributed by atoms with Crippen molar-refractivity contribution in [2.75, 3.05) is 25.6 Å². The lowest BCUT2D eigenvalue weighted by Gasteiger charge is -2.07. The van der Waals surface area contributed by atoms with Crippen molar-refractivity contribution >= 4 is 17.5 Å². The van der Waals surface area contributed by atoms with Gasteiger partial charge >= 0.3 is 0 Å². The number of para-hydroxylation sites is 1. The van der Waals surface area contributed by atoms with Gasteiger partial charge in [-0.3, -0.25) is 0 Å². The molecule has 0 unspecified atom stereocenters. The molecule has 0 aliphatic rings. The molecule has 0 aromatic heterocycles. The molecule has 0 fully saturated rings. The average molecular weight is 210 g/mol. The van der Waals surface area contributed by atoms with Crippen LogP contribution in [0.4, 0.5) is 15.8 Å². The fourth-order valence-electron chi connectivity index (χ4n) is 1.11. The number of aliphatic imine (C=N–C) groups is 1. The minimum absolute atomic E-state index is 0.0244. The molecule has 0 aliphatic heterocycles. The second-order valence-corrected chi connectivity index (χ2v) is 2.76. The Balaban J connectivity index is 2.85. The molecule has 0 spiro atoms. The van der Waals surface area contributed by atoms with E-state index in [0.717, 1.165) is 0 Å². The number of carbonyl (C=O) groups excluding carboxylic acids is 1. The fourth-order valence-corrected chi connectivity index (χ4v) is 1.11. The van der Waals surface area contributed by atoms with Crippen LogP contribution in [0, 0.1) is 5.82 Å². The van der Waals surface area contributed by atoms with Gasteiger partial charge in [0, 0.05) is 13.7 Å². The van der Waals surface area contributed by atoms with Crippen molar-refractivity contribution in [3.05, 3.63) is 24.0 Å². The molecular formula is C10H11FN2O2. The lowest BCUT2D eigenvalue weighted by atomic mass is 10.2. The summed E-state index contributed by atoms with van der Waals surface area (Å²) in [5, 5.41) is 2.90. The van der Waals surface area contributed by atoms with Gasteiger partial charge in [0.05, 0.1) is 12.3 Å². The number of hydrogen-bond acceptors (Lipinski definition) is 4. The van der Waals surface area contributed by atoms with Gasteiger partial charge in [-0.2, -0.15) is 4.99 Å². The van der Waals surface area contributed by atoms with Gasteiger partial charge < -0.3 is 10.1 Å². The summed E-state index contributed by atoms with van der Waals surface area (Å²) in [6, 6.07) is 4.40. The van der Waals surface area contributed by atoms with Crippen LogP contribution in [0.25, 0.3) is 0 Å². The van der Waals surface area contributed by atoms with Crippen molar-refractivity contribution in [1.29, 1.82) is 0 Å². The topological polar surface area (TPSA) is 50.7 Å². The average Bonchev–Trinajstić information content (AvgIpc) is 2.23. The Bertz CT molecular complexity index is 376. The Morgan fingerprint density at radius 2 is 2.40 bits per heavy atom. The maximum absolute atomic E-state index is 13.2. The van der Waals surface area contributed by atoms with Crippen LogP contribution in [-0.4, -0.2) is 26.3 Å². The number of ether oxygens (including phenoxy) is 1. The number of halogens is 1. The van der Waals surface area contributed by atoms with Gasteiger partial charge in [-0.25, -0.2) is 9.18 Å². The Labute approximate surface area is 86.8 Å². The molecule has 1 aromatic carbocycles. The zero-order chi connectivity index (χ0) is 11.1. The Morgan fingerprint density at radius 3 is 3.07 bits per heavy atom. The number of benzene rings is 1. The van der Waals surface area contributed by atoms with Crippen molar-refractivity contribution in [3.63, 3.8) is 0 Å². The fraction of sp³-hybridized carbons (Fsp3) is 0.300. The number of nitrogens with one attached hydrogen (secondary N) is 1. The first-order chi connectivity index (χ1) is 7.29. The molecule has 0 radical (unpaired) electrons. The first-order valence-corrected chi connectivity index (χ1v) is 4.38. The van der Waals surface area contributed by atoms with E-state index in [9.17, 15) is 9.18 Å². The van der Waals surface area contributed by atoms with E-state index in [1.165, 1.54) is 18.2 Å². The molecule has 0 saturated heterocycles. The highest BCUT2D eigenvalue weighted by molar-refractivity contribution is 5.68. The number of nitrogens with zero attached hydrogens (tertiary/aromatic N) is 1. The first-order valence-electron chi connectivity index (χ1n) is 4.38. The van der Waals surface area contributed by atoms with E-state index in [1.807, 2.05) is 0 Å². The predicted octanol–water partition coefficient (Wildman–Crippen LogP) is 1.85. The molecule has 15 heavy (non-hydrogen) atoms. The lowest BCUT2D eigenvalue weighted by molar-refractivity contribution is 0.211. The Morgan fingerprint density at radius 1 is 1.60 bits per heavy atom. The van der Waals surface area contributed by atoms with Crippen LogP contribution in [-0.2, 0) is 9.53 Å². The third-order valence-corrected chi connectivity index (χ3v) is 1.77. The second-order valence-electron chi connectivity index (χ2n) is 2.76. The summed E-state index contributed by atoms with van der Waals surface area (Å²) in [6.45, 7) is 1.00. The summed E-state index contributed by atoms with van der Waals surface area (Å²) >= 11 is 0. The SMILES string of the molecule is COCCNc1cccc(F)c1N=C=O. The zero-order valence-electron chi connectivity index (χ0n) is 8.29. The van der Waals surface area contributed by atoms with Crippen molar-refractivity contribution < 1.29 is 13.9 Å². The van der Waals surface area contributed by atoms with Crippen molar-refractivity contribution in [2.24, 2.45) is 4.99 Å². The van der Waals surface area contributed by atoms with E-state index >= 15 is 0 Å². The molecule has 0 bridgehead atoms. The summed E-state index contributed by atoms with van der Waals surface area (Å²) in [5.41, 5.74) is 0.430. The summed E-state index contributed by atoms with van der Waals surface area (Å²) in [7, 11) is 1.57. The van der Waals surface area contributed by atoms with Crippen LogP contribution in [0.1, 0.15) is 0 Å². The minimum Gasteiger partial charge on any atom is -0.383 e. The molecule has 0 heterocycles. The van der Waals surface area contributed by atoms with Crippen molar-refractivity contribution in [3.8, 4) is 0 Å². The molecule has 1 rings (SSSR count). The highest BCUT2D eigenvalue weighted by Gasteiger charge is 2.06. The molecule has 4 nitrogen and oxygen atoms in total. The Hall–Kier alpha value is -1.71. The zero-order valence-corrected chi connectivity index (χ0v) is 8.29. The van der Waals surface area contributed by atoms with Crippen LogP contribution >= 0.6 is 0 Å². The second kappa shape index (κ2) is 5.90. The van der Waals surface area contributed by atoms with E-state index in [1.54, 1.807) is 13.2 Å². The number of anilines is 1. The van der Waals surface area contributed by atoms with Gasteiger partial charge in [-0.1, -0.05) is 6.07 Å². The van der Waals surface area contributed by atoms with Crippen molar-refractivity contribution in [1.82, 2.24) is 0 Å². The van der Waals surface area contributed by atoms with Crippen LogP contribution in [0.15, 0.2) is 23.2 Å². The summed E-state index contributed by atoms with van der Waals surface area (Å²) in [4.78, 5) is 13.4. The minimum atomic E-state index is -0.555. The first kappa shape index (κ1) is 11.4. The van der Waals surface area contributed by atoms with E-state index in [4.69, 9.17) is 4.74 Å². The van der Waals surface area contributed by atoms with E-state index in [0.29, 0.717) is 18.8 Å². The normalized spacial score (nSPS) is 9.47. The number of rotatable bonds is 5. The molecule has 0 amide bonds. The van der Waals surface area contributed by atoms with Gasteiger partial charge in [0.25, 0.3) is 0 Å². The van der Waals surface area contributed by atoms with Crippen LogP contribution < -0.4 is 5.32 Å². The monoisotopic (exact) mass is 210 g/mol. The molecule has 1 N–H and O–H groups in total. The molecule has 1 aromatic rings. The maximum atomic E-state index is 13.2. The van der Waals surface area contributed by atoms with Crippen LogP contribution in [0.5, 0.6) is 0 Å². The van der Waals surface area contributed by atoms with E-state index < -0.39 is 5.82 Å². The number of methoxy groups -OCH3 is 1. The highest BCUT2D eigenvalue weighted by atomic mass is 19.1. The molecule has 80 valence electrons. The van der Waals surface area contributed by atoms with E-state index in [2.05, 4.69) is 10.3 Å². The van der Waals surface area contributed by atoms with Gasteiger partial charge in [0.2, 0.25) is 6.08 Å². The highest BCUT2D eigenvalue weighted by Crippen LogP contribution is 2.27.